The summed E-state index contributed by atoms with van der Waals surface area (Å²) in [5, 5.41) is 11.0. The highest BCUT2D eigenvalue weighted by Gasteiger charge is 2.28. The molecule has 1 aliphatic rings. The predicted molar refractivity (Wildman–Crippen MR) is 113 cm³/mol. The fourth-order valence-electron chi connectivity index (χ4n) is 3.87. The van der Waals surface area contributed by atoms with E-state index in [4.69, 9.17) is 4.74 Å². The van der Waals surface area contributed by atoms with Gasteiger partial charge in [0.1, 0.15) is 6.33 Å². The van der Waals surface area contributed by atoms with E-state index >= 15 is 0 Å². The van der Waals surface area contributed by atoms with Gasteiger partial charge in [-0.25, -0.2) is 9.48 Å². The molecular weight excluding hydrogens is 394 g/mol. The number of tetrazole rings is 1. The minimum Gasteiger partial charge on any atom is -0.449 e. The van der Waals surface area contributed by atoms with Crippen molar-refractivity contribution in [3.8, 4) is 5.69 Å². The first-order valence-corrected chi connectivity index (χ1v) is 10.5. The molecule has 0 unspecified atom stereocenters. The summed E-state index contributed by atoms with van der Waals surface area (Å²) in [6.07, 6.45) is 3.60. The second-order valence-electron chi connectivity index (χ2n) is 7.81. The van der Waals surface area contributed by atoms with Gasteiger partial charge in [0.2, 0.25) is 0 Å². The number of ether oxygens (including phenoxy) is 1. The molecule has 1 aromatic heterocycles. The van der Waals surface area contributed by atoms with Crippen LogP contribution in [0.2, 0.25) is 0 Å². The molecule has 2 heterocycles. The van der Waals surface area contributed by atoms with Crippen molar-refractivity contribution >= 4 is 11.9 Å². The largest absolute Gasteiger partial charge is 0.449 e. The highest BCUT2D eigenvalue weighted by molar-refractivity contribution is 5.92. The van der Waals surface area contributed by atoms with Crippen molar-refractivity contribution in [3.05, 3.63) is 72.1 Å². The Morgan fingerprint density at radius 1 is 1.06 bits per heavy atom. The van der Waals surface area contributed by atoms with Crippen LogP contribution in [-0.2, 0) is 16.0 Å². The van der Waals surface area contributed by atoms with Gasteiger partial charge in [0.05, 0.1) is 11.3 Å². The van der Waals surface area contributed by atoms with E-state index < -0.39 is 12.1 Å². The molecule has 0 bridgehead atoms. The van der Waals surface area contributed by atoms with Crippen LogP contribution in [0.4, 0.5) is 0 Å². The molecule has 0 N–H and O–H groups in total. The van der Waals surface area contributed by atoms with Crippen LogP contribution in [-0.4, -0.2) is 56.2 Å². The van der Waals surface area contributed by atoms with Crippen molar-refractivity contribution in [3.63, 3.8) is 0 Å². The number of amides is 1. The molecule has 0 radical (unpaired) electrons. The van der Waals surface area contributed by atoms with Crippen LogP contribution in [0.3, 0.4) is 0 Å². The average molecular weight is 419 g/mol. The Morgan fingerprint density at radius 3 is 2.42 bits per heavy atom. The van der Waals surface area contributed by atoms with E-state index in [1.807, 2.05) is 6.07 Å². The zero-order valence-electron chi connectivity index (χ0n) is 17.4. The van der Waals surface area contributed by atoms with E-state index in [2.05, 4.69) is 39.8 Å². The van der Waals surface area contributed by atoms with Gasteiger partial charge in [-0.15, -0.1) is 5.10 Å². The lowest BCUT2D eigenvalue weighted by atomic mass is 9.90. The predicted octanol–water partition coefficient (Wildman–Crippen LogP) is 2.69. The molecule has 2 aromatic carbocycles. The van der Waals surface area contributed by atoms with Crippen LogP contribution in [0, 0.1) is 5.92 Å². The van der Waals surface area contributed by atoms with Crippen LogP contribution in [0.5, 0.6) is 0 Å². The lowest BCUT2D eigenvalue weighted by molar-refractivity contribution is -0.141. The molecule has 4 rings (SSSR count). The molecule has 1 saturated heterocycles. The van der Waals surface area contributed by atoms with E-state index in [1.54, 1.807) is 36.1 Å². The second-order valence-corrected chi connectivity index (χ2v) is 7.81. The normalized spacial score (nSPS) is 15.5. The van der Waals surface area contributed by atoms with Crippen LogP contribution >= 0.6 is 0 Å². The molecule has 160 valence electrons. The van der Waals surface area contributed by atoms with Crippen molar-refractivity contribution in [2.24, 2.45) is 5.92 Å². The number of carbonyl (C=O) groups is 2. The Labute approximate surface area is 180 Å². The van der Waals surface area contributed by atoms with Crippen LogP contribution in [0.1, 0.15) is 35.7 Å². The summed E-state index contributed by atoms with van der Waals surface area (Å²) in [4.78, 5) is 27.0. The third kappa shape index (κ3) is 5.14. The second kappa shape index (κ2) is 9.51. The minimum atomic E-state index is -0.822. The number of hydrogen-bond donors (Lipinski definition) is 0. The Bertz CT molecular complexity index is 997. The maximum absolute atomic E-state index is 12.8. The Balaban J connectivity index is 1.27. The quantitative estimate of drug-likeness (QED) is 0.571. The average Bonchev–Trinajstić information content (AvgIpc) is 3.35. The first-order valence-electron chi connectivity index (χ1n) is 10.5. The molecule has 31 heavy (non-hydrogen) atoms. The summed E-state index contributed by atoms with van der Waals surface area (Å²) < 4.78 is 6.92. The maximum Gasteiger partial charge on any atom is 0.338 e. The summed E-state index contributed by atoms with van der Waals surface area (Å²) in [7, 11) is 0. The number of rotatable bonds is 6. The highest BCUT2D eigenvalue weighted by atomic mass is 16.5. The number of likely N-dealkylation sites (tertiary alicyclic amines) is 1. The molecule has 8 nitrogen and oxygen atoms in total. The summed E-state index contributed by atoms with van der Waals surface area (Å²) in [6, 6.07) is 17.1. The molecule has 3 aromatic rings. The van der Waals surface area contributed by atoms with Crippen molar-refractivity contribution in [1.82, 2.24) is 25.1 Å². The molecular formula is C23H25N5O3. The van der Waals surface area contributed by atoms with Gasteiger partial charge in [0.25, 0.3) is 5.91 Å². The molecule has 1 fully saturated rings. The monoisotopic (exact) mass is 419 g/mol. The SMILES string of the molecule is C[C@@H](OC(=O)c1ccc(-n2cnnn2)cc1)C(=O)N1CCC(Cc2ccccc2)CC1. The number of esters is 1. The van der Waals surface area contributed by atoms with E-state index in [0.29, 0.717) is 24.6 Å². The topological polar surface area (TPSA) is 90.2 Å². The number of aromatic nitrogens is 4. The summed E-state index contributed by atoms with van der Waals surface area (Å²) in [5.41, 5.74) is 2.43. The third-order valence-corrected chi connectivity index (χ3v) is 5.64. The van der Waals surface area contributed by atoms with Crippen LogP contribution in [0.25, 0.3) is 5.69 Å². The van der Waals surface area contributed by atoms with Gasteiger partial charge in [-0.2, -0.15) is 0 Å². The zero-order valence-corrected chi connectivity index (χ0v) is 17.4. The molecule has 0 aliphatic carbocycles. The van der Waals surface area contributed by atoms with Gasteiger partial charge in [-0.3, -0.25) is 4.79 Å². The van der Waals surface area contributed by atoms with Gasteiger partial charge in [-0.05, 0) is 72.4 Å². The van der Waals surface area contributed by atoms with Crippen molar-refractivity contribution in [2.45, 2.75) is 32.3 Å². The Kier molecular flexibility index (Phi) is 6.35. The van der Waals surface area contributed by atoms with Crippen LogP contribution in [0.15, 0.2) is 60.9 Å². The number of piperidine rings is 1. The van der Waals surface area contributed by atoms with Gasteiger partial charge in [0.15, 0.2) is 6.10 Å². The summed E-state index contributed by atoms with van der Waals surface area (Å²) >= 11 is 0. The molecule has 0 saturated carbocycles. The summed E-state index contributed by atoms with van der Waals surface area (Å²) in [6.45, 7) is 3.02. The molecule has 1 aliphatic heterocycles. The molecule has 1 amide bonds. The van der Waals surface area contributed by atoms with Crippen LogP contribution < -0.4 is 0 Å². The van der Waals surface area contributed by atoms with Gasteiger partial charge in [-0.1, -0.05) is 30.3 Å². The smallest absolute Gasteiger partial charge is 0.338 e. The highest BCUT2D eigenvalue weighted by Crippen LogP contribution is 2.22. The number of carbonyl (C=O) groups excluding carboxylic acids is 2. The van der Waals surface area contributed by atoms with E-state index in [9.17, 15) is 9.59 Å². The van der Waals surface area contributed by atoms with E-state index in [0.717, 1.165) is 24.9 Å². The third-order valence-electron chi connectivity index (χ3n) is 5.64. The number of nitrogens with zero attached hydrogens (tertiary/aromatic N) is 5. The van der Waals surface area contributed by atoms with Gasteiger partial charge >= 0.3 is 5.97 Å². The van der Waals surface area contributed by atoms with Gasteiger partial charge in [0, 0.05) is 13.1 Å². The molecule has 0 spiro atoms. The fourth-order valence-corrected chi connectivity index (χ4v) is 3.87. The first-order chi connectivity index (χ1) is 15.1. The maximum atomic E-state index is 12.8. The van der Waals surface area contributed by atoms with Crippen molar-refractivity contribution < 1.29 is 14.3 Å². The van der Waals surface area contributed by atoms with Crippen molar-refractivity contribution in [1.29, 1.82) is 0 Å². The van der Waals surface area contributed by atoms with Crippen molar-refractivity contribution in [2.75, 3.05) is 13.1 Å². The number of benzene rings is 2. The molecule has 1 atom stereocenters. The van der Waals surface area contributed by atoms with E-state index in [-0.39, 0.29) is 5.91 Å². The van der Waals surface area contributed by atoms with E-state index in [1.165, 1.54) is 16.6 Å². The zero-order chi connectivity index (χ0) is 21.6. The fraction of sp³-hybridized carbons (Fsp3) is 0.348. The van der Waals surface area contributed by atoms with Gasteiger partial charge < -0.3 is 9.64 Å². The minimum absolute atomic E-state index is 0.142. The molecule has 8 heteroatoms. The summed E-state index contributed by atoms with van der Waals surface area (Å²) in [5.74, 6) is -0.0945. The lowest BCUT2D eigenvalue weighted by Gasteiger charge is -2.33. The Hall–Kier alpha value is -3.55. The Morgan fingerprint density at radius 2 is 1.77 bits per heavy atom. The number of hydrogen-bond acceptors (Lipinski definition) is 6. The first kappa shape index (κ1) is 20.7. The lowest BCUT2D eigenvalue weighted by Crippen LogP contribution is -2.44. The standard InChI is InChI=1S/C23H25N5O3/c1-17(31-23(30)20-7-9-21(10-8-20)28-16-24-25-26-28)22(29)27-13-11-19(12-14-27)15-18-5-3-2-4-6-18/h2-10,16-17,19H,11-15H2,1H3/t17-/m1/s1.